The van der Waals surface area contributed by atoms with Gasteiger partial charge in [-0.25, -0.2) is 0 Å². The zero-order valence-electron chi connectivity index (χ0n) is 37.7. The first-order valence-corrected chi connectivity index (χ1v) is 25.6. The molecule has 0 aromatic heterocycles. The minimum Gasteiger partial charge on any atom is -0.324 e. The van der Waals surface area contributed by atoms with Gasteiger partial charge in [0.15, 0.2) is 0 Å². The van der Waals surface area contributed by atoms with Crippen LogP contribution < -0.4 is 0 Å². The van der Waals surface area contributed by atoms with Crippen LogP contribution >= 0.6 is 0 Å². The highest BCUT2D eigenvalue weighted by Crippen LogP contribution is 2.22. The van der Waals surface area contributed by atoms with Crippen molar-refractivity contribution >= 4 is 8.41 Å². The van der Waals surface area contributed by atoms with E-state index in [-0.39, 0.29) is 8.41 Å². The summed E-state index contributed by atoms with van der Waals surface area (Å²) in [4.78, 5) is 0. The van der Waals surface area contributed by atoms with Gasteiger partial charge in [0.1, 0.15) is 0 Å². The van der Waals surface area contributed by atoms with E-state index in [1.807, 2.05) is 0 Å². The standard InChI is InChI=1S/C51H106N.BH3/c1-5-9-13-17-21-24-27-30-33-37-41-45-49-52(48-44-40-36-20-16-12-8-4,50-46-42-38-34-31-28-25-22-18-14-10-6-2)51-47-43-39-35-32-29-26-23-19-15-11-7-3;/h5-51H2,1-4H3;1H3/q+1;. The normalized spacial score (nSPS) is 11.8. The topological polar surface area (TPSA) is 0 Å². The van der Waals surface area contributed by atoms with E-state index in [2.05, 4.69) is 27.7 Å². The van der Waals surface area contributed by atoms with E-state index >= 15 is 0 Å². The van der Waals surface area contributed by atoms with E-state index in [0.717, 1.165) is 0 Å². The van der Waals surface area contributed by atoms with Crippen LogP contribution in [-0.4, -0.2) is 39.1 Å². The fourth-order valence-electron chi connectivity index (χ4n) is 8.94. The highest BCUT2D eigenvalue weighted by Gasteiger charge is 2.25. The largest absolute Gasteiger partial charge is 0.324 e. The maximum Gasteiger partial charge on any atom is 0.0814 e. The van der Waals surface area contributed by atoms with Crippen LogP contribution in [0.3, 0.4) is 0 Å². The average Bonchev–Trinajstić information content (AvgIpc) is 3.15. The summed E-state index contributed by atoms with van der Waals surface area (Å²) in [5.74, 6) is 0. The summed E-state index contributed by atoms with van der Waals surface area (Å²) in [5, 5.41) is 0. The number of quaternary nitrogens is 1. The molecule has 0 aromatic carbocycles. The Morgan fingerprint density at radius 2 is 0.283 bits per heavy atom. The molecule has 0 fully saturated rings. The van der Waals surface area contributed by atoms with Gasteiger partial charge in [-0.2, -0.15) is 0 Å². The molecule has 0 saturated heterocycles. The van der Waals surface area contributed by atoms with E-state index < -0.39 is 0 Å². The Morgan fingerprint density at radius 1 is 0.170 bits per heavy atom. The van der Waals surface area contributed by atoms with Crippen molar-refractivity contribution in [2.24, 2.45) is 0 Å². The quantitative estimate of drug-likeness (QED) is 0.0330. The van der Waals surface area contributed by atoms with Crippen LogP contribution in [0.25, 0.3) is 0 Å². The van der Waals surface area contributed by atoms with Gasteiger partial charge in [0.05, 0.1) is 34.6 Å². The van der Waals surface area contributed by atoms with Crippen LogP contribution in [0.5, 0.6) is 0 Å². The lowest BCUT2D eigenvalue weighted by Gasteiger charge is -2.40. The second-order valence-electron chi connectivity index (χ2n) is 18.0. The molecular formula is C51H109BN+. The van der Waals surface area contributed by atoms with Crippen molar-refractivity contribution in [1.29, 1.82) is 0 Å². The van der Waals surface area contributed by atoms with E-state index in [9.17, 15) is 0 Å². The molecule has 2 heteroatoms. The van der Waals surface area contributed by atoms with Crippen molar-refractivity contribution in [2.45, 2.75) is 304 Å². The van der Waals surface area contributed by atoms with Gasteiger partial charge in [0.25, 0.3) is 0 Å². The summed E-state index contributed by atoms with van der Waals surface area (Å²) in [5.41, 5.74) is 0. The molecule has 0 amide bonds. The Balaban J connectivity index is 0. The van der Waals surface area contributed by atoms with Gasteiger partial charge in [0, 0.05) is 0 Å². The Morgan fingerprint density at radius 3 is 0.415 bits per heavy atom. The Bertz CT molecular complexity index is 550. The molecule has 0 saturated carbocycles. The summed E-state index contributed by atoms with van der Waals surface area (Å²) in [6.45, 7) is 15.3. The monoisotopic (exact) mass is 747 g/mol. The molecule has 0 unspecified atom stereocenters. The number of nitrogens with zero attached hydrogens (tertiary/aromatic N) is 1. The van der Waals surface area contributed by atoms with Crippen molar-refractivity contribution in [1.82, 2.24) is 0 Å². The lowest BCUT2D eigenvalue weighted by atomic mass is 10.0. The zero-order chi connectivity index (χ0) is 37.7. The maximum absolute atomic E-state index is 2.35. The van der Waals surface area contributed by atoms with Gasteiger partial charge in [-0.3, -0.25) is 0 Å². The molecule has 0 aliphatic carbocycles. The molecule has 0 aliphatic rings. The average molecular weight is 747 g/mol. The van der Waals surface area contributed by atoms with E-state index in [1.165, 1.54) is 307 Å². The number of hydrogen-bond acceptors (Lipinski definition) is 0. The van der Waals surface area contributed by atoms with Crippen molar-refractivity contribution in [3.63, 3.8) is 0 Å². The molecule has 0 radical (unpaired) electrons. The summed E-state index contributed by atoms with van der Waals surface area (Å²) < 4.78 is 1.49. The highest BCUT2D eigenvalue weighted by atomic mass is 15.3. The van der Waals surface area contributed by atoms with Gasteiger partial charge >= 0.3 is 0 Å². The van der Waals surface area contributed by atoms with Crippen LogP contribution in [0.15, 0.2) is 0 Å². The lowest BCUT2D eigenvalue weighted by Crippen LogP contribution is -2.50. The van der Waals surface area contributed by atoms with E-state index in [4.69, 9.17) is 0 Å². The minimum atomic E-state index is 0. The summed E-state index contributed by atoms with van der Waals surface area (Å²) in [6.07, 6.45) is 63.2. The summed E-state index contributed by atoms with van der Waals surface area (Å²) in [6, 6.07) is 0. The first-order chi connectivity index (χ1) is 25.7. The lowest BCUT2D eigenvalue weighted by molar-refractivity contribution is -0.929. The first-order valence-electron chi connectivity index (χ1n) is 25.6. The number of rotatable bonds is 47. The van der Waals surface area contributed by atoms with Crippen LogP contribution in [0.1, 0.15) is 304 Å². The molecule has 0 bridgehead atoms. The molecule has 1 nitrogen and oxygen atoms in total. The fourth-order valence-corrected chi connectivity index (χ4v) is 8.94. The van der Waals surface area contributed by atoms with Crippen molar-refractivity contribution in [2.75, 3.05) is 26.2 Å². The third-order valence-electron chi connectivity index (χ3n) is 12.7. The summed E-state index contributed by atoms with van der Waals surface area (Å²) in [7, 11) is 0. The molecule has 0 aromatic rings. The Kier molecular flexibility index (Phi) is 50.1. The fraction of sp³-hybridized carbons (Fsp3) is 1.00. The van der Waals surface area contributed by atoms with E-state index in [1.54, 1.807) is 0 Å². The predicted octanol–water partition coefficient (Wildman–Crippen LogP) is 17.5. The molecule has 0 atom stereocenters. The highest BCUT2D eigenvalue weighted by molar-refractivity contribution is 5.75. The van der Waals surface area contributed by atoms with Gasteiger partial charge < -0.3 is 4.48 Å². The third-order valence-corrected chi connectivity index (χ3v) is 12.7. The van der Waals surface area contributed by atoms with Crippen LogP contribution in [0.4, 0.5) is 0 Å². The van der Waals surface area contributed by atoms with Gasteiger partial charge in [0.2, 0.25) is 0 Å². The molecule has 0 N–H and O–H groups in total. The van der Waals surface area contributed by atoms with Crippen molar-refractivity contribution in [3.05, 3.63) is 0 Å². The zero-order valence-corrected chi connectivity index (χ0v) is 37.7. The molecule has 320 valence electrons. The van der Waals surface area contributed by atoms with Crippen molar-refractivity contribution < 1.29 is 4.48 Å². The molecule has 0 heterocycles. The number of unbranched alkanes of at least 4 members (excludes halogenated alkanes) is 39. The van der Waals surface area contributed by atoms with Crippen LogP contribution in [0, 0.1) is 0 Å². The van der Waals surface area contributed by atoms with Crippen LogP contribution in [-0.2, 0) is 0 Å². The van der Waals surface area contributed by atoms with E-state index in [0.29, 0.717) is 0 Å². The molecule has 0 rings (SSSR count). The predicted molar refractivity (Wildman–Crippen MR) is 251 cm³/mol. The number of hydrogen-bond donors (Lipinski definition) is 0. The van der Waals surface area contributed by atoms with Crippen molar-refractivity contribution in [3.8, 4) is 0 Å². The smallest absolute Gasteiger partial charge is 0.0814 e. The molecule has 53 heavy (non-hydrogen) atoms. The van der Waals surface area contributed by atoms with Gasteiger partial charge in [-0.15, -0.1) is 0 Å². The minimum absolute atomic E-state index is 0. The second-order valence-corrected chi connectivity index (χ2v) is 18.0. The first kappa shape index (κ1) is 55.1. The van der Waals surface area contributed by atoms with Gasteiger partial charge in [-0.05, 0) is 51.4 Å². The summed E-state index contributed by atoms with van der Waals surface area (Å²) >= 11 is 0. The molecular weight excluding hydrogens is 637 g/mol. The second kappa shape index (κ2) is 48.2. The Labute approximate surface area is 341 Å². The van der Waals surface area contributed by atoms with Crippen LogP contribution in [0.2, 0.25) is 0 Å². The third kappa shape index (κ3) is 43.0. The SMILES string of the molecule is B.CCCCCCCCCCCCCC[N+](CCCCCCCCC)(CCCCCCCCCCCCCC)CCCCCCCCCCCCCC. The van der Waals surface area contributed by atoms with Gasteiger partial charge in [-0.1, -0.05) is 252 Å². The maximum atomic E-state index is 2.35. The Hall–Kier alpha value is 0.0249. The molecule has 0 spiro atoms. The molecule has 0 aliphatic heterocycles.